The maximum absolute atomic E-state index is 13.8. The van der Waals surface area contributed by atoms with E-state index < -0.39 is 5.82 Å². The van der Waals surface area contributed by atoms with E-state index in [1.54, 1.807) is 29.6 Å². The number of hydrogen-bond donors (Lipinski definition) is 2. The molecule has 0 aliphatic rings. The van der Waals surface area contributed by atoms with Crippen LogP contribution in [0.2, 0.25) is 0 Å². The number of thiazole rings is 1. The minimum absolute atomic E-state index is 0.144. The van der Waals surface area contributed by atoms with Gasteiger partial charge < -0.3 is 5.11 Å². The second-order valence-electron chi connectivity index (χ2n) is 4.52. The lowest BCUT2D eigenvalue weighted by atomic mass is 10.1. The van der Waals surface area contributed by atoms with E-state index in [9.17, 15) is 14.3 Å². The van der Waals surface area contributed by atoms with Gasteiger partial charge in [-0.05, 0) is 24.3 Å². The van der Waals surface area contributed by atoms with Crippen molar-refractivity contribution >= 4 is 22.4 Å². The number of anilines is 1. The summed E-state index contributed by atoms with van der Waals surface area (Å²) in [6, 6.07) is 12.6. The zero-order valence-electron chi connectivity index (χ0n) is 11.3. The van der Waals surface area contributed by atoms with Crippen molar-refractivity contribution in [2.45, 2.75) is 0 Å². The van der Waals surface area contributed by atoms with Gasteiger partial charge in [-0.3, -0.25) is 10.1 Å². The molecule has 0 atom stereocenters. The highest BCUT2D eigenvalue weighted by atomic mass is 32.1. The summed E-state index contributed by atoms with van der Waals surface area (Å²) in [5, 5.41) is 13.9. The first-order valence-corrected chi connectivity index (χ1v) is 7.32. The molecule has 0 aliphatic heterocycles. The van der Waals surface area contributed by atoms with Gasteiger partial charge in [0.2, 0.25) is 0 Å². The molecule has 1 aromatic heterocycles. The topological polar surface area (TPSA) is 62.2 Å². The predicted octanol–water partition coefficient (Wildman–Crippen LogP) is 3.91. The number of halogens is 1. The Bertz CT molecular complexity index is 818. The first-order chi connectivity index (χ1) is 10.6. The van der Waals surface area contributed by atoms with Crippen molar-refractivity contribution in [3.8, 4) is 17.0 Å². The molecular weight excluding hydrogens is 303 g/mol. The van der Waals surface area contributed by atoms with Gasteiger partial charge in [0.1, 0.15) is 11.6 Å². The summed E-state index contributed by atoms with van der Waals surface area (Å²) in [5.74, 6) is -0.979. The highest BCUT2D eigenvalue weighted by Crippen LogP contribution is 2.29. The van der Waals surface area contributed by atoms with Gasteiger partial charge in [-0.1, -0.05) is 18.2 Å². The number of amides is 1. The van der Waals surface area contributed by atoms with Crippen LogP contribution in [0.1, 0.15) is 10.4 Å². The van der Waals surface area contributed by atoms with Crippen molar-refractivity contribution in [3.05, 3.63) is 65.3 Å². The van der Waals surface area contributed by atoms with Crippen LogP contribution in [0.25, 0.3) is 11.3 Å². The highest BCUT2D eigenvalue weighted by molar-refractivity contribution is 7.14. The standard InChI is InChI=1S/C16H11FN2O2S/c17-13-8-11(20)6-7-12(13)14-9-22-16(18-14)19-15(21)10-4-2-1-3-5-10/h1-9,20H,(H,18,19,21). The van der Waals surface area contributed by atoms with E-state index >= 15 is 0 Å². The lowest BCUT2D eigenvalue weighted by molar-refractivity contribution is 0.102. The number of rotatable bonds is 3. The largest absolute Gasteiger partial charge is 0.508 e. The summed E-state index contributed by atoms with van der Waals surface area (Å²) in [6.07, 6.45) is 0. The molecule has 0 radical (unpaired) electrons. The summed E-state index contributed by atoms with van der Waals surface area (Å²) in [5.41, 5.74) is 1.20. The molecule has 0 aliphatic carbocycles. The summed E-state index contributed by atoms with van der Waals surface area (Å²) in [4.78, 5) is 16.2. The third-order valence-corrected chi connectivity index (χ3v) is 3.75. The van der Waals surface area contributed by atoms with Crippen LogP contribution in [0.15, 0.2) is 53.9 Å². The molecule has 0 spiro atoms. The lowest BCUT2D eigenvalue weighted by Crippen LogP contribution is -2.11. The number of aromatic hydroxyl groups is 1. The fourth-order valence-corrected chi connectivity index (χ4v) is 2.63. The molecule has 2 aromatic carbocycles. The molecule has 110 valence electrons. The molecule has 6 heteroatoms. The van der Waals surface area contributed by atoms with Gasteiger partial charge in [-0.2, -0.15) is 0 Å². The van der Waals surface area contributed by atoms with Crippen LogP contribution >= 0.6 is 11.3 Å². The van der Waals surface area contributed by atoms with Crippen LogP contribution < -0.4 is 5.32 Å². The number of carbonyl (C=O) groups is 1. The molecule has 0 saturated carbocycles. The van der Waals surface area contributed by atoms with Crippen molar-refractivity contribution in [1.82, 2.24) is 4.98 Å². The molecule has 4 nitrogen and oxygen atoms in total. The lowest BCUT2D eigenvalue weighted by Gasteiger charge is -2.01. The number of phenolic OH excluding ortho intramolecular Hbond substituents is 1. The van der Waals surface area contributed by atoms with E-state index in [0.29, 0.717) is 16.4 Å². The van der Waals surface area contributed by atoms with E-state index in [2.05, 4.69) is 10.3 Å². The van der Waals surface area contributed by atoms with Gasteiger partial charge in [0.05, 0.1) is 5.69 Å². The minimum atomic E-state index is -0.564. The number of hydrogen-bond acceptors (Lipinski definition) is 4. The van der Waals surface area contributed by atoms with Crippen molar-refractivity contribution in [1.29, 1.82) is 0 Å². The van der Waals surface area contributed by atoms with Gasteiger partial charge in [0.25, 0.3) is 5.91 Å². The molecule has 0 fully saturated rings. The Kier molecular flexibility index (Phi) is 3.84. The second kappa shape index (κ2) is 5.95. The van der Waals surface area contributed by atoms with E-state index in [0.717, 1.165) is 6.07 Å². The van der Waals surface area contributed by atoms with Gasteiger partial charge in [-0.15, -0.1) is 11.3 Å². The summed E-state index contributed by atoms with van der Waals surface area (Å²) < 4.78 is 13.8. The van der Waals surface area contributed by atoms with Gasteiger partial charge in [-0.25, -0.2) is 9.37 Å². The number of nitrogens with one attached hydrogen (secondary N) is 1. The Morgan fingerprint density at radius 3 is 2.68 bits per heavy atom. The molecular formula is C16H11FN2O2S. The van der Waals surface area contributed by atoms with E-state index in [-0.39, 0.29) is 17.2 Å². The van der Waals surface area contributed by atoms with Crippen molar-refractivity contribution < 1.29 is 14.3 Å². The molecule has 0 unspecified atom stereocenters. The van der Waals surface area contributed by atoms with E-state index in [1.807, 2.05) is 6.07 Å². The van der Waals surface area contributed by atoms with Crippen LogP contribution in [0.5, 0.6) is 5.75 Å². The molecule has 3 aromatic rings. The molecule has 1 amide bonds. The fourth-order valence-electron chi connectivity index (χ4n) is 1.93. The zero-order valence-corrected chi connectivity index (χ0v) is 12.1. The number of nitrogens with zero attached hydrogens (tertiary/aromatic N) is 1. The van der Waals surface area contributed by atoms with Gasteiger partial charge in [0, 0.05) is 22.6 Å². The zero-order chi connectivity index (χ0) is 15.5. The molecule has 1 heterocycles. The van der Waals surface area contributed by atoms with Crippen molar-refractivity contribution in [2.75, 3.05) is 5.32 Å². The minimum Gasteiger partial charge on any atom is -0.508 e. The van der Waals surface area contributed by atoms with Gasteiger partial charge >= 0.3 is 0 Å². The monoisotopic (exact) mass is 314 g/mol. The second-order valence-corrected chi connectivity index (χ2v) is 5.38. The summed E-state index contributed by atoms with van der Waals surface area (Å²) >= 11 is 1.21. The first-order valence-electron chi connectivity index (χ1n) is 6.44. The third kappa shape index (κ3) is 2.96. The Hall–Kier alpha value is -2.73. The average Bonchev–Trinajstić information content (AvgIpc) is 2.96. The Morgan fingerprint density at radius 2 is 1.95 bits per heavy atom. The normalized spacial score (nSPS) is 10.4. The fraction of sp³-hybridized carbons (Fsp3) is 0. The Balaban J connectivity index is 1.81. The van der Waals surface area contributed by atoms with Crippen LogP contribution in [-0.2, 0) is 0 Å². The average molecular weight is 314 g/mol. The SMILES string of the molecule is O=C(Nc1nc(-c2ccc(O)cc2F)cs1)c1ccccc1. The maximum atomic E-state index is 13.8. The van der Waals surface area contributed by atoms with Crippen LogP contribution in [0.4, 0.5) is 9.52 Å². The summed E-state index contributed by atoms with van der Waals surface area (Å²) in [7, 11) is 0. The molecule has 3 rings (SSSR count). The first kappa shape index (κ1) is 14.2. The number of phenols is 1. The molecule has 22 heavy (non-hydrogen) atoms. The Labute approximate surface area is 129 Å². The van der Waals surface area contributed by atoms with Crippen LogP contribution in [0.3, 0.4) is 0 Å². The van der Waals surface area contributed by atoms with Crippen molar-refractivity contribution in [2.24, 2.45) is 0 Å². The quantitative estimate of drug-likeness (QED) is 0.770. The third-order valence-electron chi connectivity index (χ3n) is 2.99. The smallest absolute Gasteiger partial charge is 0.257 e. The molecule has 0 saturated heterocycles. The van der Waals surface area contributed by atoms with Crippen LogP contribution in [0, 0.1) is 5.82 Å². The number of carbonyl (C=O) groups excluding carboxylic acids is 1. The highest BCUT2D eigenvalue weighted by Gasteiger charge is 2.12. The van der Waals surface area contributed by atoms with Crippen LogP contribution in [-0.4, -0.2) is 16.0 Å². The maximum Gasteiger partial charge on any atom is 0.257 e. The van der Waals surface area contributed by atoms with Crippen molar-refractivity contribution in [3.63, 3.8) is 0 Å². The van der Waals surface area contributed by atoms with E-state index in [4.69, 9.17) is 0 Å². The predicted molar refractivity (Wildman–Crippen MR) is 83.6 cm³/mol. The summed E-state index contributed by atoms with van der Waals surface area (Å²) in [6.45, 7) is 0. The number of benzene rings is 2. The van der Waals surface area contributed by atoms with E-state index in [1.165, 1.54) is 23.5 Å². The Morgan fingerprint density at radius 1 is 1.18 bits per heavy atom. The number of aromatic nitrogens is 1. The molecule has 0 bridgehead atoms. The van der Waals surface area contributed by atoms with Gasteiger partial charge in [0.15, 0.2) is 5.13 Å². The molecule has 2 N–H and O–H groups in total.